The van der Waals surface area contributed by atoms with Crippen molar-refractivity contribution in [1.29, 1.82) is 0 Å². The van der Waals surface area contributed by atoms with Gasteiger partial charge in [0.05, 0.1) is 11.0 Å². The quantitative estimate of drug-likeness (QED) is 0.431. The zero-order valence-corrected chi connectivity index (χ0v) is 21.3. The maximum atomic E-state index is 13.5. The van der Waals surface area contributed by atoms with Crippen molar-refractivity contribution in [1.82, 2.24) is 15.5 Å². The van der Waals surface area contributed by atoms with Gasteiger partial charge in [-0.3, -0.25) is 14.5 Å². The van der Waals surface area contributed by atoms with E-state index in [0.29, 0.717) is 24.3 Å². The normalized spacial score (nSPS) is 19.9. The van der Waals surface area contributed by atoms with E-state index in [-0.39, 0.29) is 17.7 Å². The minimum Gasteiger partial charge on any atom is -0.390 e. The molecule has 7 heteroatoms. The minimum atomic E-state index is -0.679. The number of carbonyl (C=O) groups excluding carboxylic acids is 2. The zero-order valence-electron chi connectivity index (χ0n) is 20.4. The maximum absolute atomic E-state index is 13.5. The van der Waals surface area contributed by atoms with Gasteiger partial charge >= 0.3 is 0 Å². The Kier molecular flexibility index (Phi) is 8.55. The summed E-state index contributed by atoms with van der Waals surface area (Å²) in [4.78, 5) is 29.3. The highest BCUT2D eigenvalue weighted by atomic mass is 32.1. The van der Waals surface area contributed by atoms with Crippen LogP contribution in [-0.4, -0.2) is 46.7 Å². The molecule has 3 atom stereocenters. The average Bonchev–Trinajstić information content (AvgIpc) is 3.21. The van der Waals surface area contributed by atoms with Gasteiger partial charge in [0.25, 0.3) is 5.91 Å². The van der Waals surface area contributed by atoms with E-state index < -0.39 is 18.3 Å². The Hall–Kier alpha value is -2.74. The van der Waals surface area contributed by atoms with Crippen molar-refractivity contribution in [3.8, 4) is 0 Å². The fraction of sp³-hybridized carbons (Fsp3) is 0.429. The Morgan fingerprint density at radius 2 is 1.83 bits per heavy atom. The molecule has 6 nitrogen and oxygen atoms in total. The van der Waals surface area contributed by atoms with E-state index in [0.717, 1.165) is 35.0 Å². The van der Waals surface area contributed by atoms with Gasteiger partial charge in [0.2, 0.25) is 5.91 Å². The minimum absolute atomic E-state index is 0.216. The highest BCUT2D eigenvalue weighted by molar-refractivity contribution is 7.20. The van der Waals surface area contributed by atoms with Crippen LogP contribution < -0.4 is 10.6 Å². The Balaban J connectivity index is 1.49. The Morgan fingerprint density at radius 3 is 2.57 bits per heavy atom. The molecule has 4 rings (SSSR count). The van der Waals surface area contributed by atoms with E-state index >= 15 is 0 Å². The van der Waals surface area contributed by atoms with Crippen molar-refractivity contribution in [3.05, 3.63) is 71.1 Å². The molecule has 2 aromatic carbocycles. The number of amides is 2. The van der Waals surface area contributed by atoms with E-state index in [1.165, 1.54) is 11.3 Å². The van der Waals surface area contributed by atoms with Gasteiger partial charge in [-0.2, -0.15) is 0 Å². The Morgan fingerprint density at radius 1 is 1.09 bits per heavy atom. The zero-order chi connectivity index (χ0) is 24.8. The summed E-state index contributed by atoms with van der Waals surface area (Å²) in [6, 6.07) is 19.2. The van der Waals surface area contributed by atoms with Gasteiger partial charge in [0.1, 0.15) is 12.2 Å². The molecule has 1 aliphatic heterocycles. The molecular formula is C28H35N3O3S. The summed E-state index contributed by atoms with van der Waals surface area (Å²) in [5, 5.41) is 18.0. The van der Waals surface area contributed by atoms with E-state index in [4.69, 9.17) is 0 Å². The predicted octanol–water partition coefficient (Wildman–Crippen LogP) is 4.54. The highest BCUT2D eigenvalue weighted by Gasteiger charge is 2.33. The van der Waals surface area contributed by atoms with Crippen LogP contribution >= 0.6 is 11.3 Å². The number of benzene rings is 2. The summed E-state index contributed by atoms with van der Waals surface area (Å²) in [5.41, 5.74) is 1.14. The van der Waals surface area contributed by atoms with Crippen LogP contribution in [0.4, 0.5) is 0 Å². The first kappa shape index (κ1) is 25.4. The van der Waals surface area contributed by atoms with Crippen molar-refractivity contribution >= 4 is 33.2 Å². The van der Waals surface area contributed by atoms with Crippen LogP contribution in [0.1, 0.15) is 54.8 Å². The number of nitrogens with one attached hydrogen (secondary N) is 2. The first-order chi connectivity index (χ1) is 16.9. The van der Waals surface area contributed by atoms with Crippen LogP contribution in [-0.2, 0) is 11.3 Å². The van der Waals surface area contributed by atoms with Gasteiger partial charge in [0, 0.05) is 17.8 Å². The first-order valence-electron chi connectivity index (χ1n) is 12.5. The molecule has 0 radical (unpaired) electrons. The molecule has 0 bridgehead atoms. The lowest BCUT2D eigenvalue weighted by Gasteiger charge is -2.34. The SMILES string of the molecule is CC(C)CC(NC(=O)c1cc2ccccc2s1)C(=O)NC1[C@@H](O)CCCCN1Cc1ccccc1. The fourth-order valence-electron chi connectivity index (χ4n) is 4.66. The molecular weight excluding hydrogens is 458 g/mol. The number of carbonyl (C=O) groups is 2. The van der Waals surface area contributed by atoms with Crippen LogP contribution in [0.25, 0.3) is 10.1 Å². The lowest BCUT2D eigenvalue weighted by molar-refractivity contribution is -0.127. The number of hydrogen-bond donors (Lipinski definition) is 3. The second-order valence-corrected chi connectivity index (χ2v) is 10.9. The number of fused-ring (bicyclic) bond motifs is 1. The van der Waals surface area contributed by atoms with Crippen LogP contribution in [0.2, 0.25) is 0 Å². The lowest BCUT2D eigenvalue weighted by atomic mass is 10.0. The second kappa shape index (κ2) is 11.8. The molecule has 186 valence electrons. The molecule has 1 fully saturated rings. The molecule has 0 aliphatic carbocycles. The number of likely N-dealkylation sites (tertiary alicyclic amines) is 1. The summed E-state index contributed by atoms with van der Waals surface area (Å²) in [6.07, 6.45) is 1.87. The van der Waals surface area contributed by atoms with Gasteiger partial charge in [-0.1, -0.05) is 62.4 Å². The molecule has 35 heavy (non-hydrogen) atoms. The summed E-state index contributed by atoms with van der Waals surface area (Å²) in [5.74, 6) is -0.278. The number of aliphatic hydroxyl groups excluding tert-OH is 1. The molecule has 3 aromatic rings. The molecule has 1 aliphatic rings. The van der Waals surface area contributed by atoms with Crippen molar-refractivity contribution in [2.45, 2.75) is 64.4 Å². The highest BCUT2D eigenvalue weighted by Crippen LogP contribution is 2.25. The molecule has 1 aromatic heterocycles. The van der Waals surface area contributed by atoms with Crippen molar-refractivity contribution in [2.24, 2.45) is 5.92 Å². The maximum Gasteiger partial charge on any atom is 0.262 e. The van der Waals surface area contributed by atoms with E-state index in [2.05, 4.69) is 27.7 Å². The molecule has 0 spiro atoms. The van der Waals surface area contributed by atoms with Gasteiger partial charge in [-0.25, -0.2) is 0 Å². The number of thiophene rings is 1. The third-order valence-corrected chi connectivity index (χ3v) is 7.56. The number of aliphatic hydroxyl groups is 1. The number of rotatable bonds is 8. The first-order valence-corrected chi connectivity index (χ1v) is 13.3. The van der Waals surface area contributed by atoms with Crippen LogP contribution in [0.5, 0.6) is 0 Å². The average molecular weight is 494 g/mol. The second-order valence-electron chi connectivity index (χ2n) is 9.78. The van der Waals surface area contributed by atoms with Crippen LogP contribution in [0.15, 0.2) is 60.7 Å². The fourth-order valence-corrected chi connectivity index (χ4v) is 5.63. The molecule has 2 amide bonds. The smallest absolute Gasteiger partial charge is 0.262 e. The third-order valence-electron chi connectivity index (χ3n) is 6.45. The summed E-state index contributed by atoms with van der Waals surface area (Å²) in [7, 11) is 0. The standard InChI is InChI=1S/C28H35N3O3S/c1-19(2)16-22(29-28(34)25-17-21-12-6-7-14-24(21)35-25)27(33)30-26-23(32)13-8-9-15-31(26)18-20-10-4-3-5-11-20/h3-7,10-12,14,17,19,22-23,26,32H,8-9,13,15-16,18H2,1-2H3,(H,29,34)(H,30,33)/t22?,23-,26?/m0/s1. The molecule has 0 saturated carbocycles. The Labute approximate surface area is 211 Å². The van der Waals surface area contributed by atoms with E-state index in [1.807, 2.05) is 62.4 Å². The molecule has 1 saturated heterocycles. The topological polar surface area (TPSA) is 81.7 Å². The summed E-state index contributed by atoms with van der Waals surface area (Å²) in [6.45, 7) is 5.51. The number of nitrogens with zero attached hydrogens (tertiary/aromatic N) is 1. The Bertz CT molecular complexity index is 1100. The van der Waals surface area contributed by atoms with Crippen LogP contribution in [0.3, 0.4) is 0 Å². The predicted molar refractivity (Wildman–Crippen MR) is 141 cm³/mol. The third kappa shape index (κ3) is 6.69. The van der Waals surface area contributed by atoms with Gasteiger partial charge in [0.15, 0.2) is 0 Å². The number of hydrogen-bond acceptors (Lipinski definition) is 5. The van der Waals surface area contributed by atoms with Crippen molar-refractivity contribution in [3.63, 3.8) is 0 Å². The van der Waals surface area contributed by atoms with Crippen molar-refractivity contribution in [2.75, 3.05) is 6.54 Å². The molecule has 3 N–H and O–H groups in total. The van der Waals surface area contributed by atoms with Crippen molar-refractivity contribution < 1.29 is 14.7 Å². The van der Waals surface area contributed by atoms with E-state index in [9.17, 15) is 14.7 Å². The monoisotopic (exact) mass is 493 g/mol. The van der Waals surface area contributed by atoms with Crippen LogP contribution in [0, 0.1) is 5.92 Å². The largest absolute Gasteiger partial charge is 0.390 e. The summed E-state index contributed by atoms with van der Waals surface area (Å²) >= 11 is 1.43. The van der Waals surface area contributed by atoms with E-state index in [1.54, 1.807) is 0 Å². The summed E-state index contributed by atoms with van der Waals surface area (Å²) < 4.78 is 1.04. The van der Waals surface area contributed by atoms with Gasteiger partial charge < -0.3 is 15.7 Å². The van der Waals surface area contributed by atoms with Gasteiger partial charge in [-0.05, 0) is 54.7 Å². The lowest BCUT2D eigenvalue weighted by Crippen LogP contribution is -2.58. The molecule has 2 heterocycles. The molecule has 2 unspecified atom stereocenters. The van der Waals surface area contributed by atoms with Gasteiger partial charge in [-0.15, -0.1) is 11.3 Å².